The average Bonchev–Trinajstić information content (AvgIpc) is 2.27. The molecule has 0 aliphatic heterocycles. The van der Waals surface area contributed by atoms with Crippen molar-refractivity contribution in [2.45, 2.75) is 33.6 Å². The molecule has 0 spiro atoms. The summed E-state index contributed by atoms with van der Waals surface area (Å²) < 4.78 is 4.90. The number of ether oxygens (including phenoxy) is 1. The molecule has 0 unspecified atom stereocenters. The number of aryl methyl sites for hydroxylation is 1. The molecule has 0 aliphatic carbocycles. The minimum absolute atomic E-state index is 0.217. The maximum absolute atomic E-state index is 11.3. The van der Waals surface area contributed by atoms with Crippen LogP contribution in [0.4, 0.5) is 5.69 Å². The van der Waals surface area contributed by atoms with E-state index >= 15 is 0 Å². The van der Waals surface area contributed by atoms with Gasteiger partial charge in [0, 0.05) is 5.69 Å². The van der Waals surface area contributed by atoms with Gasteiger partial charge in [-0.2, -0.15) is 0 Å². The highest BCUT2D eigenvalue weighted by Gasteiger charge is 2.10. The maximum atomic E-state index is 11.3. The average molecular weight is 235 g/mol. The van der Waals surface area contributed by atoms with Crippen LogP contribution in [0.3, 0.4) is 0 Å². The molecule has 3 nitrogen and oxygen atoms in total. The van der Waals surface area contributed by atoms with Gasteiger partial charge in [-0.3, -0.25) is 4.79 Å². The van der Waals surface area contributed by atoms with Crippen LogP contribution < -0.4 is 5.32 Å². The van der Waals surface area contributed by atoms with Crippen LogP contribution >= 0.6 is 0 Å². The number of carbonyl (C=O) groups is 1. The van der Waals surface area contributed by atoms with Crippen LogP contribution in [-0.2, 0) is 9.53 Å². The molecule has 3 heteroatoms. The summed E-state index contributed by atoms with van der Waals surface area (Å²) in [5.41, 5.74) is 3.44. The predicted octanol–water partition coefficient (Wildman–Crippen LogP) is 3.09. The van der Waals surface area contributed by atoms with Gasteiger partial charge in [0.25, 0.3) is 0 Å². The predicted molar refractivity (Wildman–Crippen MR) is 70.4 cm³/mol. The van der Waals surface area contributed by atoms with Crippen molar-refractivity contribution in [3.05, 3.63) is 29.3 Å². The third-order valence-electron chi connectivity index (χ3n) is 2.64. The summed E-state index contributed by atoms with van der Waals surface area (Å²) in [7, 11) is 0. The number of carbonyl (C=O) groups excluding carboxylic acids is 1. The molecule has 0 saturated heterocycles. The van der Waals surface area contributed by atoms with Gasteiger partial charge < -0.3 is 10.1 Å². The summed E-state index contributed by atoms with van der Waals surface area (Å²) in [5, 5.41) is 3.17. The van der Waals surface area contributed by atoms with Gasteiger partial charge in [0.15, 0.2) is 0 Å². The Morgan fingerprint density at radius 3 is 2.71 bits per heavy atom. The monoisotopic (exact) mass is 235 g/mol. The van der Waals surface area contributed by atoms with Crippen LogP contribution in [0.25, 0.3) is 0 Å². The van der Waals surface area contributed by atoms with Crippen molar-refractivity contribution < 1.29 is 9.53 Å². The molecule has 17 heavy (non-hydrogen) atoms. The Labute approximate surface area is 103 Å². The number of hydrogen-bond acceptors (Lipinski definition) is 3. The zero-order chi connectivity index (χ0) is 12.8. The molecule has 0 bridgehead atoms. The first-order valence-electron chi connectivity index (χ1n) is 6.05. The largest absolute Gasteiger partial charge is 0.465 e. The number of rotatable bonds is 5. The zero-order valence-electron chi connectivity index (χ0n) is 11.0. The summed E-state index contributed by atoms with van der Waals surface area (Å²) in [6.45, 7) is 8.78. The SMILES string of the molecule is CCOC(=O)CNc1c(C)cccc1C(C)C. The molecule has 0 aromatic heterocycles. The fraction of sp³-hybridized carbons (Fsp3) is 0.500. The van der Waals surface area contributed by atoms with E-state index in [-0.39, 0.29) is 12.5 Å². The molecule has 94 valence electrons. The second-order valence-electron chi connectivity index (χ2n) is 4.35. The van der Waals surface area contributed by atoms with Gasteiger partial charge in [0.05, 0.1) is 6.61 Å². The van der Waals surface area contributed by atoms with E-state index in [0.717, 1.165) is 11.3 Å². The molecule has 0 heterocycles. The van der Waals surface area contributed by atoms with Crippen LogP contribution in [0.5, 0.6) is 0 Å². The molecule has 0 aliphatic rings. The summed E-state index contributed by atoms with van der Waals surface area (Å²) >= 11 is 0. The Morgan fingerprint density at radius 1 is 1.41 bits per heavy atom. The van der Waals surface area contributed by atoms with Crippen molar-refractivity contribution in [2.75, 3.05) is 18.5 Å². The molecule has 1 aromatic rings. The first-order chi connectivity index (χ1) is 8.06. The van der Waals surface area contributed by atoms with Crippen LogP contribution in [0.15, 0.2) is 18.2 Å². The number of para-hydroxylation sites is 1. The van der Waals surface area contributed by atoms with Gasteiger partial charge in [0.2, 0.25) is 0 Å². The van der Waals surface area contributed by atoms with Crippen LogP contribution in [0, 0.1) is 6.92 Å². The fourth-order valence-electron chi connectivity index (χ4n) is 1.79. The molecule has 1 rings (SSSR count). The summed E-state index contributed by atoms with van der Waals surface area (Å²) in [4.78, 5) is 11.3. The Balaban J connectivity index is 2.79. The zero-order valence-corrected chi connectivity index (χ0v) is 11.0. The normalized spacial score (nSPS) is 10.4. The molecule has 0 atom stereocenters. The van der Waals surface area contributed by atoms with E-state index in [1.165, 1.54) is 5.56 Å². The highest BCUT2D eigenvalue weighted by atomic mass is 16.5. The summed E-state index contributed by atoms with van der Waals surface area (Å²) in [5.74, 6) is 0.213. The van der Waals surface area contributed by atoms with E-state index in [2.05, 4.69) is 25.2 Å². The molecular weight excluding hydrogens is 214 g/mol. The molecule has 0 saturated carbocycles. The standard InChI is InChI=1S/C14H21NO2/c1-5-17-13(16)9-15-14-11(4)7-6-8-12(14)10(2)3/h6-8,10,15H,5,9H2,1-4H3. The second-order valence-corrected chi connectivity index (χ2v) is 4.35. The van der Waals surface area contributed by atoms with Crippen LogP contribution in [0.2, 0.25) is 0 Å². The van der Waals surface area contributed by atoms with Gasteiger partial charge in [-0.1, -0.05) is 32.0 Å². The van der Waals surface area contributed by atoms with Crippen LogP contribution in [-0.4, -0.2) is 19.1 Å². The van der Waals surface area contributed by atoms with Crippen molar-refractivity contribution in [2.24, 2.45) is 0 Å². The summed E-state index contributed by atoms with van der Waals surface area (Å²) in [6.07, 6.45) is 0. The Hall–Kier alpha value is -1.51. The lowest BCUT2D eigenvalue weighted by Gasteiger charge is -2.16. The number of hydrogen-bond donors (Lipinski definition) is 1. The van der Waals surface area contributed by atoms with Crippen molar-refractivity contribution in [1.82, 2.24) is 0 Å². The van der Waals surface area contributed by atoms with Crippen molar-refractivity contribution >= 4 is 11.7 Å². The third-order valence-corrected chi connectivity index (χ3v) is 2.64. The highest BCUT2D eigenvalue weighted by molar-refractivity contribution is 5.76. The van der Waals surface area contributed by atoms with E-state index in [0.29, 0.717) is 12.5 Å². The quantitative estimate of drug-likeness (QED) is 0.797. The fourth-order valence-corrected chi connectivity index (χ4v) is 1.79. The van der Waals surface area contributed by atoms with E-state index in [9.17, 15) is 4.79 Å². The van der Waals surface area contributed by atoms with E-state index < -0.39 is 0 Å². The smallest absolute Gasteiger partial charge is 0.325 e. The maximum Gasteiger partial charge on any atom is 0.325 e. The first-order valence-corrected chi connectivity index (χ1v) is 6.05. The van der Waals surface area contributed by atoms with Crippen molar-refractivity contribution in [1.29, 1.82) is 0 Å². The number of esters is 1. The lowest BCUT2D eigenvalue weighted by Crippen LogP contribution is -2.18. The van der Waals surface area contributed by atoms with Crippen molar-refractivity contribution in [3.63, 3.8) is 0 Å². The number of anilines is 1. The Morgan fingerprint density at radius 2 is 2.12 bits per heavy atom. The molecule has 1 N–H and O–H groups in total. The van der Waals surface area contributed by atoms with Gasteiger partial charge in [-0.15, -0.1) is 0 Å². The van der Waals surface area contributed by atoms with Gasteiger partial charge in [0.1, 0.15) is 6.54 Å². The summed E-state index contributed by atoms with van der Waals surface area (Å²) in [6, 6.07) is 6.17. The van der Waals surface area contributed by atoms with E-state index in [1.54, 1.807) is 0 Å². The first kappa shape index (κ1) is 13.6. The molecule has 0 radical (unpaired) electrons. The third kappa shape index (κ3) is 3.77. The van der Waals surface area contributed by atoms with Crippen LogP contribution in [0.1, 0.15) is 37.8 Å². The number of benzene rings is 1. The number of nitrogens with one attached hydrogen (secondary N) is 1. The molecule has 0 fully saturated rings. The van der Waals surface area contributed by atoms with Gasteiger partial charge in [-0.05, 0) is 30.9 Å². The van der Waals surface area contributed by atoms with Gasteiger partial charge in [-0.25, -0.2) is 0 Å². The van der Waals surface area contributed by atoms with Gasteiger partial charge >= 0.3 is 5.97 Å². The molecule has 1 aromatic carbocycles. The van der Waals surface area contributed by atoms with Crippen molar-refractivity contribution in [3.8, 4) is 0 Å². The highest BCUT2D eigenvalue weighted by Crippen LogP contribution is 2.27. The lowest BCUT2D eigenvalue weighted by molar-refractivity contribution is -0.140. The lowest BCUT2D eigenvalue weighted by atomic mass is 9.98. The topological polar surface area (TPSA) is 38.3 Å². The molecular formula is C14H21NO2. The Bertz CT molecular complexity index is 386. The second kappa shape index (κ2) is 6.28. The minimum atomic E-state index is -0.217. The van der Waals surface area contributed by atoms with E-state index in [4.69, 9.17) is 4.74 Å². The Kier molecular flexibility index (Phi) is 5.01. The van der Waals surface area contributed by atoms with E-state index in [1.807, 2.05) is 26.0 Å². The molecule has 0 amide bonds. The minimum Gasteiger partial charge on any atom is -0.465 e.